The minimum absolute atomic E-state index is 0.0363. The molecule has 0 bridgehead atoms. The van der Waals surface area contributed by atoms with Crippen LogP contribution in [0.2, 0.25) is 0 Å². The minimum atomic E-state index is -0.439. The molecular weight excluding hydrogens is 216 g/mol. The maximum atomic E-state index is 12.0. The zero-order valence-corrected chi connectivity index (χ0v) is 9.52. The van der Waals surface area contributed by atoms with Gasteiger partial charge in [0.2, 0.25) is 0 Å². The molecule has 1 aromatic rings. The van der Waals surface area contributed by atoms with E-state index in [0.29, 0.717) is 25.9 Å². The van der Waals surface area contributed by atoms with Crippen LogP contribution in [-0.4, -0.2) is 11.8 Å². The van der Waals surface area contributed by atoms with Gasteiger partial charge in [0.15, 0.2) is 0 Å². The molecule has 0 N–H and O–H groups in total. The van der Waals surface area contributed by atoms with Crippen LogP contribution in [0.15, 0.2) is 30.3 Å². The van der Waals surface area contributed by atoms with E-state index in [9.17, 15) is 9.59 Å². The number of hydrogen-bond donors (Lipinski definition) is 0. The second-order valence-electron chi connectivity index (χ2n) is 4.94. The molecule has 0 aliphatic heterocycles. The second kappa shape index (κ2) is 3.69. The minimum Gasteiger partial charge on any atom is -0.460 e. The number of carbonyl (C=O) groups is 2. The van der Waals surface area contributed by atoms with Gasteiger partial charge in [-0.25, -0.2) is 0 Å². The largest absolute Gasteiger partial charge is 0.460 e. The van der Waals surface area contributed by atoms with Gasteiger partial charge in [0.25, 0.3) is 0 Å². The summed E-state index contributed by atoms with van der Waals surface area (Å²) in [6, 6.07) is 9.61. The van der Waals surface area contributed by atoms with Crippen molar-refractivity contribution in [3.63, 3.8) is 0 Å². The Hall–Kier alpha value is -1.64. The van der Waals surface area contributed by atoms with Crippen molar-refractivity contribution in [3.05, 3.63) is 35.9 Å². The fraction of sp³-hybridized carbons (Fsp3) is 0.429. The van der Waals surface area contributed by atoms with Crippen LogP contribution in [0.25, 0.3) is 0 Å². The van der Waals surface area contributed by atoms with E-state index in [1.165, 1.54) is 0 Å². The van der Waals surface area contributed by atoms with Crippen molar-refractivity contribution in [1.29, 1.82) is 0 Å². The summed E-state index contributed by atoms with van der Waals surface area (Å²) in [5, 5.41) is 0. The first kappa shape index (κ1) is 10.5. The smallest absolute Gasteiger partial charge is 0.313 e. The number of Topliss-reactive ketones (excluding diaryl/α,β-unsaturated/α-hetero) is 1. The lowest BCUT2D eigenvalue weighted by molar-refractivity contribution is -0.152. The summed E-state index contributed by atoms with van der Waals surface area (Å²) in [5.41, 5.74) is 0.546. The van der Waals surface area contributed by atoms with Crippen molar-refractivity contribution in [2.75, 3.05) is 0 Å². The third-order valence-electron chi connectivity index (χ3n) is 3.90. The van der Waals surface area contributed by atoms with Gasteiger partial charge in [-0.15, -0.1) is 0 Å². The van der Waals surface area contributed by atoms with Gasteiger partial charge in [-0.2, -0.15) is 0 Å². The molecule has 3 heteroatoms. The summed E-state index contributed by atoms with van der Waals surface area (Å²) >= 11 is 0. The van der Waals surface area contributed by atoms with Crippen molar-refractivity contribution in [3.8, 4) is 0 Å². The molecule has 0 amide bonds. The van der Waals surface area contributed by atoms with Crippen molar-refractivity contribution >= 4 is 11.8 Å². The molecule has 0 aromatic heterocycles. The Labute approximate surface area is 99.8 Å². The van der Waals surface area contributed by atoms with E-state index in [0.717, 1.165) is 5.56 Å². The second-order valence-corrected chi connectivity index (χ2v) is 4.94. The first-order valence-corrected chi connectivity index (χ1v) is 5.96. The zero-order valence-electron chi connectivity index (χ0n) is 9.52. The normalized spacial score (nSPS) is 29.9. The number of benzene rings is 1. The van der Waals surface area contributed by atoms with E-state index in [-0.39, 0.29) is 17.7 Å². The number of hydrogen-bond acceptors (Lipinski definition) is 3. The van der Waals surface area contributed by atoms with Crippen molar-refractivity contribution in [2.45, 2.75) is 25.9 Å². The third kappa shape index (κ3) is 1.66. The van der Waals surface area contributed by atoms with Crippen LogP contribution in [0.3, 0.4) is 0 Å². The van der Waals surface area contributed by atoms with E-state index < -0.39 is 5.41 Å². The summed E-state index contributed by atoms with van der Waals surface area (Å²) in [6.07, 6.45) is 1.94. The van der Waals surface area contributed by atoms with Crippen LogP contribution in [0.1, 0.15) is 24.8 Å². The Balaban J connectivity index is 1.61. The lowest BCUT2D eigenvalue weighted by Gasteiger charge is -2.11. The van der Waals surface area contributed by atoms with E-state index >= 15 is 0 Å². The molecule has 1 aromatic carbocycles. The third-order valence-corrected chi connectivity index (χ3v) is 3.90. The van der Waals surface area contributed by atoms with Gasteiger partial charge < -0.3 is 4.74 Å². The summed E-state index contributed by atoms with van der Waals surface area (Å²) in [6.45, 7) is 0.308. The summed E-state index contributed by atoms with van der Waals surface area (Å²) in [4.78, 5) is 23.3. The monoisotopic (exact) mass is 230 g/mol. The lowest BCUT2D eigenvalue weighted by Crippen LogP contribution is -2.18. The van der Waals surface area contributed by atoms with Gasteiger partial charge in [0.1, 0.15) is 12.4 Å². The van der Waals surface area contributed by atoms with Crippen LogP contribution in [0, 0.1) is 11.3 Å². The molecule has 17 heavy (non-hydrogen) atoms. The number of ketones is 1. The molecule has 2 unspecified atom stereocenters. The number of esters is 1. The predicted molar refractivity (Wildman–Crippen MR) is 61.0 cm³/mol. The average Bonchev–Trinajstić information content (AvgIpc) is 3.03. The maximum absolute atomic E-state index is 12.0. The molecule has 3 rings (SSSR count). The maximum Gasteiger partial charge on any atom is 0.313 e. The Morgan fingerprint density at radius 1 is 1.35 bits per heavy atom. The molecule has 2 saturated carbocycles. The molecule has 2 atom stereocenters. The average molecular weight is 230 g/mol. The number of carbonyl (C=O) groups excluding carboxylic acids is 2. The van der Waals surface area contributed by atoms with Crippen LogP contribution >= 0.6 is 0 Å². The van der Waals surface area contributed by atoms with Gasteiger partial charge in [0.05, 0.1) is 5.41 Å². The van der Waals surface area contributed by atoms with Crippen molar-refractivity contribution in [2.24, 2.45) is 11.3 Å². The highest BCUT2D eigenvalue weighted by atomic mass is 16.5. The Morgan fingerprint density at radius 3 is 2.71 bits per heavy atom. The van der Waals surface area contributed by atoms with E-state index in [2.05, 4.69) is 0 Å². The predicted octanol–water partition coefficient (Wildman–Crippen LogP) is 2.10. The standard InChI is InChI=1S/C14H14O3/c15-12-6-7-14(8-11(12)14)13(16)17-9-10-4-2-1-3-5-10/h1-5,11H,6-9H2. The van der Waals surface area contributed by atoms with Crippen molar-refractivity contribution < 1.29 is 14.3 Å². The van der Waals surface area contributed by atoms with E-state index in [4.69, 9.17) is 4.74 Å². The molecule has 88 valence electrons. The Morgan fingerprint density at radius 2 is 2.12 bits per heavy atom. The summed E-state index contributed by atoms with van der Waals surface area (Å²) in [7, 11) is 0. The topological polar surface area (TPSA) is 43.4 Å². The first-order valence-electron chi connectivity index (χ1n) is 5.96. The molecule has 2 fully saturated rings. The molecule has 0 saturated heterocycles. The van der Waals surface area contributed by atoms with E-state index in [1.807, 2.05) is 30.3 Å². The first-order chi connectivity index (χ1) is 8.22. The number of rotatable bonds is 3. The number of ether oxygens (including phenoxy) is 1. The molecule has 2 aliphatic carbocycles. The van der Waals surface area contributed by atoms with Gasteiger partial charge in [0, 0.05) is 12.3 Å². The molecule has 3 nitrogen and oxygen atoms in total. The lowest BCUT2D eigenvalue weighted by atomic mass is 10.1. The van der Waals surface area contributed by atoms with Gasteiger partial charge in [-0.3, -0.25) is 9.59 Å². The SMILES string of the molecule is O=C1CCC2(C(=O)OCc3ccccc3)CC12. The highest BCUT2D eigenvalue weighted by Gasteiger charge is 2.67. The van der Waals surface area contributed by atoms with Crippen LogP contribution in [0.5, 0.6) is 0 Å². The zero-order chi connectivity index (χ0) is 11.9. The molecule has 0 spiro atoms. The fourth-order valence-electron chi connectivity index (χ4n) is 2.72. The fourth-order valence-corrected chi connectivity index (χ4v) is 2.72. The Bertz CT molecular complexity index is 466. The van der Waals surface area contributed by atoms with Crippen LogP contribution in [0.4, 0.5) is 0 Å². The van der Waals surface area contributed by atoms with Crippen LogP contribution < -0.4 is 0 Å². The van der Waals surface area contributed by atoms with Crippen molar-refractivity contribution in [1.82, 2.24) is 0 Å². The van der Waals surface area contributed by atoms with Crippen LogP contribution in [-0.2, 0) is 20.9 Å². The summed E-state index contributed by atoms with van der Waals surface area (Å²) in [5.74, 6) is 0.0182. The van der Waals surface area contributed by atoms with Gasteiger partial charge in [-0.1, -0.05) is 30.3 Å². The summed E-state index contributed by atoms with van der Waals surface area (Å²) < 4.78 is 5.31. The highest BCUT2D eigenvalue weighted by molar-refractivity contribution is 5.98. The molecule has 2 aliphatic rings. The molecular formula is C14H14O3. The highest BCUT2D eigenvalue weighted by Crippen LogP contribution is 2.62. The van der Waals surface area contributed by atoms with E-state index in [1.54, 1.807) is 0 Å². The van der Waals surface area contributed by atoms with Gasteiger partial charge in [-0.05, 0) is 18.4 Å². The molecule has 0 radical (unpaired) electrons. The molecule has 0 heterocycles. The number of fused-ring (bicyclic) bond motifs is 1. The van der Waals surface area contributed by atoms with Gasteiger partial charge >= 0.3 is 5.97 Å². The quantitative estimate of drug-likeness (QED) is 0.747. The Kier molecular flexibility index (Phi) is 2.28.